The number of aliphatic hydroxyl groups excluding tert-OH is 1. The van der Waals surface area contributed by atoms with Crippen molar-refractivity contribution in [2.45, 2.75) is 37.3 Å². The van der Waals surface area contributed by atoms with Crippen LogP contribution in [0.3, 0.4) is 0 Å². The summed E-state index contributed by atoms with van der Waals surface area (Å²) in [6.07, 6.45) is -0.902. The number of primary amides is 1. The van der Waals surface area contributed by atoms with E-state index in [-0.39, 0.29) is 16.2 Å². The predicted octanol–water partition coefficient (Wildman–Crippen LogP) is 0.232. The summed E-state index contributed by atoms with van der Waals surface area (Å²) in [5, 5.41) is 9.59. The summed E-state index contributed by atoms with van der Waals surface area (Å²) in [6, 6.07) is 3.79. The molecule has 0 saturated heterocycles. The molecule has 0 aliphatic carbocycles. The number of benzene rings is 1. The highest BCUT2D eigenvalue weighted by Gasteiger charge is 2.31. The van der Waals surface area contributed by atoms with Gasteiger partial charge in [0.05, 0.1) is 29.2 Å². The molecule has 1 amide bonds. The van der Waals surface area contributed by atoms with Gasteiger partial charge in [-0.25, -0.2) is 13.1 Å². The number of ether oxygens (including phenoxy) is 1. The van der Waals surface area contributed by atoms with Gasteiger partial charge in [0.15, 0.2) is 0 Å². The molecule has 1 aromatic rings. The Morgan fingerprint density at radius 3 is 2.43 bits per heavy atom. The first kappa shape index (κ1) is 17.4. The van der Waals surface area contributed by atoms with Gasteiger partial charge in [-0.1, -0.05) is 0 Å². The van der Waals surface area contributed by atoms with Gasteiger partial charge in [0, 0.05) is 0 Å². The number of hydrogen-bond acceptors (Lipinski definition) is 5. The van der Waals surface area contributed by atoms with Crippen molar-refractivity contribution in [3.63, 3.8) is 0 Å². The molecule has 0 fully saturated rings. The van der Waals surface area contributed by atoms with Gasteiger partial charge in [-0.15, -0.1) is 0 Å². The van der Waals surface area contributed by atoms with Crippen LogP contribution in [0.25, 0.3) is 0 Å². The van der Waals surface area contributed by atoms with Gasteiger partial charge in [0.2, 0.25) is 10.0 Å². The van der Waals surface area contributed by atoms with Crippen LogP contribution in [0.15, 0.2) is 23.1 Å². The van der Waals surface area contributed by atoms with Gasteiger partial charge in [-0.3, -0.25) is 4.79 Å². The Hall–Kier alpha value is -1.64. The third-order valence-corrected chi connectivity index (χ3v) is 4.86. The van der Waals surface area contributed by atoms with Gasteiger partial charge in [-0.2, -0.15) is 0 Å². The topological polar surface area (TPSA) is 119 Å². The Bertz CT molecular complexity index is 638. The van der Waals surface area contributed by atoms with E-state index in [0.717, 1.165) is 6.07 Å². The van der Waals surface area contributed by atoms with E-state index in [9.17, 15) is 18.3 Å². The third kappa shape index (κ3) is 3.93. The first-order valence-corrected chi connectivity index (χ1v) is 7.69. The zero-order valence-electron chi connectivity index (χ0n) is 12.4. The molecule has 118 valence electrons. The Kier molecular flexibility index (Phi) is 4.98. The predicted molar refractivity (Wildman–Crippen MR) is 77.6 cm³/mol. The van der Waals surface area contributed by atoms with Crippen LogP contribution in [0.5, 0.6) is 5.75 Å². The maximum Gasteiger partial charge on any atom is 0.252 e. The van der Waals surface area contributed by atoms with Crippen LogP contribution in [-0.2, 0) is 10.0 Å². The fourth-order valence-corrected chi connectivity index (χ4v) is 3.04. The van der Waals surface area contributed by atoms with Crippen molar-refractivity contribution in [2.75, 3.05) is 7.11 Å². The smallest absolute Gasteiger partial charge is 0.252 e. The number of carbonyl (C=O) groups excluding carboxylic acids is 1. The SMILES string of the molecule is COc1ccc(S(=O)(=O)NC(C)(C)C(C)O)cc1C(N)=O. The Morgan fingerprint density at radius 2 is 2.00 bits per heavy atom. The number of carbonyl (C=O) groups is 1. The van der Waals surface area contributed by atoms with Crippen molar-refractivity contribution in [2.24, 2.45) is 5.73 Å². The number of methoxy groups -OCH3 is 1. The molecule has 0 aliphatic heterocycles. The molecule has 8 heteroatoms. The van der Waals surface area contributed by atoms with Crippen molar-refractivity contribution >= 4 is 15.9 Å². The van der Waals surface area contributed by atoms with Crippen LogP contribution in [-0.4, -0.2) is 38.2 Å². The van der Waals surface area contributed by atoms with Crippen LogP contribution in [0, 0.1) is 0 Å². The summed E-state index contributed by atoms with van der Waals surface area (Å²) in [5.41, 5.74) is 4.11. The Balaban J connectivity index is 3.27. The molecule has 0 bridgehead atoms. The summed E-state index contributed by atoms with van der Waals surface area (Å²) in [4.78, 5) is 11.2. The molecule has 1 rings (SSSR count). The van der Waals surface area contributed by atoms with Crippen molar-refractivity contribution in [1.82, 2.24) is 4.72 Å². The van der Waals surface area contributed by atoms with Crippen LogP contribution in [0.2, 0.25) is 0 Å². The molecule has 1 unspecified atom stereocenters. The van der Waals surface area contributed by atoms with Gasteiger partial charge in [0.25, 0.3) is 5.91 Å². The average molecular weight is 316 g/mol. The first-order chi connectivity index (χ1) is 9.51. The largest absolute Gasteiger partial charge is 0.496 e. The third-order valence-electron chi connectivity index (χ3n) is 3.19. The van der Waals surface area contributed by atoms with Gasteiger partial charge < -0.3 is 15.6 Å². The molecule has 0 aromatic heterocycles. The molecule has 4 N–H and O–H groups in total. The van der Waals surface area contributed by atoms with E-state index in [0.29, 0.717) is 0 Å². The number of nitrogens with two attached hydrogens (primary N) is 1. The van der Waals surface area contributed by atoms with E-state index >= 15 is 0 Å². The minimum absolute atomic E-state index is 0.0322. The standard InChI is InChI=1S/C13H20N2O5S/c1-8(16)13(2,3)15-21(18,19)9-5-6-11(20-4)10(7-9)12(14)17/h5-8,15-16H,1-4H3,(H2,14,17). The fourth-order valence-electron chi connectivity index (χ4n) is 1.54. The summed E-state index contributed by atoms with van der Waals surface area (Å²) in [6.45, 7) is 4.58. The number of amides is 1. The van der Waals surface area contributed by atoms with Crippen LogP contribution >= 0.6 is 0 Å². The van der Waals surface area contributed by atoms with Crippen LogP contribution in [0.1, 0.15) is 31.1 Å². The molecular weight excluding hydrogens is 296 g/mol. The molecule has 0 saturated carbocycles. The lowest BCUT2D eigenvalue weighted by Crippen LogP contribution is -2.50. The molecular formula is C13H20N2O5S. The monoisotopic (exact) mass is 316 g/mol. The number of sulfonamides is 1. The van der Waals surface area contributed by atoms with Crippen molar-refractivity contribution < 1.29 is 23.1 Å². The van der Waals surface area contributed by atoms with Crippen molar-refractivity contribution in [3.8, 4) is 5.75 Å². The molecule has 0 heterocycles. The van der Waals surface area contributed by atoms with Crippen molar-refractivity contribution in [1.29, 1.82) is 0 Å². The number of rotatable bonds is 6. The second-order valence-corrected chi connectivity index (χ2v) is 6.91. The molecule has 0 radical (unpaired) electrons. The number of nitrogens with one attached hydrogen (secondary N) is 1. The maximum atomic E-state index is 12.3. The van der Waals surface area contributed by atoms with Crippen LogP contribution < -0.4 is 15.2 Å². The number of aliphatic hydroxyl groups is 1. The highest BCUT2D eigenvalue weighted by atomic mass is 32.2. The molecule has 7 nitrogen and oxygen atoms in total. The molecule has 21 heavy (non-hydrogen) atoms. The van der Waals surface area contributed by atoms with E-state index in [4.69, 9.17) is 10.5 Å². The van der Waals surface area contributed by atoms with Gasteiger partial charge in [-0.05, 0) is 39.0 Å². The summed E-state index contributed by atoms with van der Waals surface area (Å²) in [7, 11) is -2.57. The van der Waals surface area contributed by atoms with Gasteiger partial charge in [0.1, 0.15) is 5.75 Å². The van der Waals surface area contributed by atoms with Crippen molar-refractivity contribution in [3.05, 3.63) is 23.8 Å². The summed E-state index contributed by atoms with van der Waals surface area (Å²) < 4.78 is 32.0. The lowest BCUT2D eigenvalue weighted by atomic mass is 10.0. The van der Waals surface area contributed by atoms with E-state index < -0.39 is 27.6 Å². The zero-order valence-corrected chi connectivity index (χ0v) is 13.2. The quantitative estimate of drug-likeness (QED) is 0.694. The highest BCUT2D eigenvalue weighted by Crippen LogP contribution is 2.23. The Morgan fingerprint density at radius 1 is 1.43 bits per heavy atom. The second-order valence-electron chi connectivity index (χ2n) is 5.23. The van der Waals surface area contributed by atoms with Gasteiger partial charge >= 0.3 is 0 Å². The fraction of sp³-hybridized carbons (Fsp3) is 0.462. The molecule has 0 aliphatic rings. The minimum atomic E-state index is -3.92. The summed E-state index contributed by atoms with van der Waals surface area (Å²) >= 11 is 0. The van der Waals surface area contributed by atoms with E-state index in [1.165, 1.54) is 26.2 Å². The van der Waals surface area contributed by atoms with Crippen LogP contribution in [0.4, 0.5) is 0 Å². The van der Waals surface area contributed by atoms with E-state index in [1.807, 2.05) is 0 Å². The zero-order chi connectivity index (χ0) is 16.4. The van der Waals surface area contributed by atoms with E-state index in [2.05, 4.69) is 4.72 Å². The van der Waals surface area contributed by atoms with E-state index in [1.54, 1.807) is 13.8 Å². The lowest BCUT2D eigenvalue weighted by molar-refractivity contribution is 0.0997. The normalized spacial score (nSPS) is 13.8. The highest BCUT2D eigenvalue weighted by molar-refractivity contribution is 7.89. The minimum Gasteiger partial charge on any atom is -0.496 e. The summed E-state index contributed by atoms with van der Waals surface area (Å²) in [5.74, 6) is -0.602. The Labute approximate surface area is 124 Å². The molecule has 0 spiro atoms. The maximum absolute atomic E-state index is 12.3. The number of hydrogen-bond donors (Lipinski definition) is 3. The first-order valence-electron chi connectivity index (χ1n) is 6.21. The average Bonchev–Trinajstić information content (AvgIpc) is 2.36. The molecule has 1 atom stereocenters. The second kappa shape index (κ2) is 6.00. The molecule has 1 aromatic carbocycles. The lowest BCUT2D eigenvalue weighted by Gasteiger charge is -2.29.